The molecule has 2 N–H and O–H groups in total. The summed E-state index contributed by atoms with van der Waals surface area (Å²) in [5.41, 5.74) is 0.640. The molecule has 0 aliphatic heterocycles. The van der Waals surface area contributed by atoms with Crippen LogP contribution in [0.25, 0.3) is 0 Å². The van der Waals surface area contributed by atoms with Crippen molar-refractivity contribution >= 4 is 11.6 Å². The van der Waals surface area contributed by atoms with Crippen molar-refractivity contribution in [1.29, 1.82) is 0 Å². The van der Waals surface area contributed by atoms with Crippen LogP contribution in [0.5, 0.6) is 11.5 Å². The maximum absolute atomic E-state index is 12.3. The predicted molar refractivity (Wildman–Crippen MR) is 92.3 cm³/mol. The maximum Gasteiger partial charge on any atom is 0.226 e. The second-order valence-electron chi connectivity index (χ2n) is 6.22. The van der Waals surface area contributed by atoms with E-state index in [1.165, 1.54) is 32.1 Å². The van der Waals surface area contributed by atoms with Gasteiger partial charge in [-0.2, -0.15) is 0 Å². The summed E-state index contributed by atoms with van der Waals surface area (Å²) in [6.07, 6.45) is 6.79. The fraction of sp³-hybridized carbons (Fsp3) is 0.611. The van der Waals surface area contributed by atoms with Crippen LogP contribution in [0, 0.1) is 0 Å². The third kappa shape index (κ3) is 5.43. The SMILES string of the molecule is COc1ccc(OC)c(NC(=O)CC(C)NC2CCCCC2)c1. The molecule has 1 unspecified atom stereocenters. The van der Waals surface area contributed by atoms with Gasteiger partial charge < -0.3 is 20.1 Å². The molecular formula is C18H28N2O3. The Morgan fingerprint density at radius 1 is 1.22 bits per heavy atom. The molecule has 1 saturated carbocycles. The highest BCUT2D eigenvalue weighted by molar-refractivity contribution is 5.92. The van der Waals surface area contributed by atoms with E-state index in [2.05, 4.69) is 17.6 Å². The van der Waals surface area contributed by atoms with Crippen molar-refractivity contribution in [2.24, 2.45) is 0 Å². The van der Waals surface area contributed by atoms with Crippen LogP contribution in [0.3, 0.4) is 0 Å². The number of anilines is 1. The fourth-order valence-electron chi connectivity index (χ4n) is 3.12. The molecule has 0 saturated heterocycles. The van der Waals surface area contributed by atoms with E-state index in [0.29, 0.717) is 29.6 Å². The van der Waals surface area contributed by atoms with Crippen LogP contribution in [-0.2, 0) is 4.79 Å². The lowest BCUT2D eigenvalue weighted by molar-refractivity contribution is -0.116. The van der Waals surface area contributed by atoms with Crippen LogP contribution in [0.2, 0.25) is 0 Å². The Balaban J connectivity index is 1.88. The van der Waals surface area contributed by atoms with E-state index >= 15 is 0 Å². The van der Waals surface area contributed by atoms with Crippen molar-refractivity contribution in [1.82, 2.24) is 5.32 Å². The Morgan fingerprint density at radius 3 is 2.61 bits per heavy atom. The molecule has 0 radical (unpaired) electrons. The number of carbonyl (C=O) groups excluding carboxylic acids is 1. The molecule has 1 aliphatic carbocycles. The standard InChI is InChI=1S/C18H28N2O3/c1-13(19-14-7-5-4-6-8-14)11-18(21)20-16-12-15(22-2)9-10-17(16)23-3/h9-10,12-14,19H,4-8,11H2,1-3H3,(H,20,21). The third-order valence-electron chi connectivity index (χ3n) is 4.30. The first-order valence-electron chi connectivity index (χ1n) is 8.40. The summed E-state index contributed by atoms with van der Waals surface area (Å²) >= 11 is 0. The summed E-state index contributed by atoms with van der Waals surface area (Å²) in [6.45, 7) is 2.07. The van der Waals surface area contributed by atoms with Gasteiger partial charge in [-0.1, -0.05) is 19.3 Å². The Morgan fingerprint density at radius 2 is 1.96 bits per heavy atom. The molecule has 0 aromatic heterocycles. The van der Waals surface area contributed by atoms with E-state index in [4.69, 9.17) is 9.47 Å². The molecule has 1 amide bonds. The van der Waals surface area contributed by atoms with Crippen molar-refractivity contribution in [3.8, 4) is 11.5 Å². The Labute approximate surface area is 138 Å². The highest BCUT2D eigenvalue weighted by atomic mass is 16.5. The lowest BCUT2D eigenvalue weighted by atomic mass is 9.95. The first kappa shape index (κ1) is 17.6. The lowest BCUT2D eigenvalue weighted by Gasteiger charge is -2.26. The van der Waals surface area contributed by atoms with Crippen LogP contribution in [0.1, 0.15) is 45.4 Å². The number of hydrogen-bond donors (Lipinski definition) is 2. The molecule has 128 valence electrons. The first-order valence-corrected chi connectivity index (χ1v) is 8.40. The van der Waals surface area contributed by atoms with Crippen LogP contribution in [0.4, 0.5) is 5.69 Å². The molecule has 1 aromatic carbocycles. The van der Waals surface area contributed by atoms with E-state index in [1.807, 2.05) is 6.07 Å². The van der Waals surface area contributed by atoms with Gasteiger partial charge in [0.25, 0.3) is 0 Å². The van der Waals surface area contributed by atoms with E-state index < -0.39 is 0 Å². The molecule has 1 aromatic rings. The van der Waals surface area contributed by atoms with Gasteiger partial charge in [-0.25, -0.2) is 0 Å². The van der Waals surface area contributed by atoms with E-state index in [-0.39, 0.29) is 11.9 Å². The molecule has 0 spiro atoms. The van der Waals surface area contributed by atoms with Gasteiger partial charge in [0.15, 0.2) is 0 Å². The zero-order valence-electron chi connectivity index (χ0n) is 14.4. The van der Waals surface area contributed by atoms with Crippen LogP contribution >= 0.6 is 0 Å². The van der Waals surface area contributed by atoms with Crippen molar-refractivity contribution < 1.29 is 14.3 Å². The summed E-state index contributed by atoms with van der Waals surface area (Å²) in [5.74, 6) is 1.30. The average Bonchev–Trinajstić information content (AvgIpc) is 2.55. The number of benzene rings is 1. The molecule has 1 aliphatic rings. The van der Waals surface area contributed by atoms with Crippen LogP contribution in [0.15, 0.2) is 18.2 Å². The van der Waals surface area contributed by atoms with E-state index in [1.54, 1.807) is 26.4 Å². The van der Waals surface area contributed by atoms with Crippen LogP contribution in [-0.4, -0.2) is 32.2 Å². The van der Waals surface area contributed by atoms with Gasteiger partial charge in [0.1, 0.15) is 11.5 Å². The summed E-state index contributed by atoms with van der Waals surface area (Å²) < 4.78 is 10.5. The Hall–Kier alpha value is -1.75. The molecule has 5 nitrogen and oxygen atoms in total. The smallest absolute Gasteiger partial charge is 0.226 e. The number of carbonyl (C=O) groups is 1. The fourth-order valence-corrected chi connectivity index (χ4v) is 3.12. The Bertz CT molecular complexity index is 513. The van der Waals surface area contributed by atoms with Gasteiger partial charge in [0.05, 0.1) is 19.9 Å². The average molecular weight is 320 g/mol. The zero-order valence-corrected chi connectivity index (χ0v) is 14.4. The van der Waals surface area contributed by atoms with Gasteiger partial charge in [0, 0.05) is 24.6 Å². The topological polar surface area (TPSA) is 59.6 Å². The highest BCUT2D eigenvalue weighted by Crippen LogP contribution is 2.29. The minimum atomic E-state index is -0.0210. The molecular weight excluding hydrogens is 292 g/mol. The van der Waals surface area contributed by atoms with Gasteiger partial charge in [-0.3, -0.25) is 4.79 Å². The molecule has 1 atom stereocenters. The number of rotatable bonds is 7. The maximum atomic E-state index is 12.3. The summed E-state index contributed by atoms with van der Waals surface area (Å²) in [4.78, 5) is 12.3. The number of methoxy groups -OCH3 is 2. The number of hydrogen-bond acceptors (Lipinski definition) is 4. The summed E-state index contributed by atoms with van der Waals surface area (Å²) in [5, 5.41) is 6.49. The minimum Gasteiger partial charge on any atom is -0.497 e. The van der Waals surface area contributed by atoms with Gasteiger partial charge in [-0.15, -0.1) is 0 Å². The molecule has 5 heteroatoms. The lowest BCUT2D eigenvalue weighted by Crippen LogP contribution is -2.39. The monoisotopic (exact) mass is 320 g/mol. The van der Waals surface area contributed by atoms with Crippen LogP contribution < -0.4 is 20.1 Å². The minimum absolute atomic E-state index is 0.0210. The molecule has 2 rings (SSSR count). The molecule has 0 bridgehead atoms. The van der Waals surface area contributed by atoms with Crippen molar-refractivity contribution in [3.05, 3.63) is 18.2 Å². The van der Waals surface area contributed by atoms with E-state index in [0.717, 1.165) is 0 Å². The molecule has 1 fully saturated rings. The summed E-state index contributed by atoms with van der Waals surface area (Å²) in [6, 6.07) is 6.09. The number of ether oxygens (including phenoxy) is 2. The second kappa shape index (κ2) is 8.77. The number of amides is 1. The molecule has 23 heavy (non-hydrogen) atoms. The first-order chi connectivity index (χ1) is 11.1. The summed E-state index contributed by atoms with van der Waals surface area (Å²) in [7, 11) is 3.19. The predicted octanol–water partition coefficient (Wildman–Crippen LogP) is 3.34. The Kier molecular flexibility index (Phi) is 6.71. The van der Waals surface area contributed by atoms with Crippen molar-refractivity contribution in [2.75, 3.05) is 19.5 Å². The quantitative estimate of drug-likeness (QED) is 0.809. The van der Waals surface area contributed by atoms with Crippen molar-refractivity contribution in [3.63, 3.8) is 0 Å². The van der Waals surface area contributed by atoms with Crippen molar-refractivity contribution in [2.45, 2.75) is 57.5 Å². The highest BCUT2D eigenvalue weighted by Gasteiger charge is 2.18. The normalized spacial score (nSPS) is 16.7. The zero-order chi connectivity index (χ0) is 16.7. The third-order valence-corrected chi connectivity index (χ3v) is 4.30. The largest absolute Gasteiger partial charge is 0.497 e. The molecule has 0 heterocycles. The second-order valence-corrected chi connectivity index (χ2v) is 6.22. The van der Waals surface area contributed by atoms with Gasteiger partial charge in [-0.05, 0) is 31.9 Å². The van der Waals surface area contributed by atoms with E-state index in [9.17, 15) is 4.79 Å². The number of nitrogens with one attached hydrogen (secondary N) is 2. The van der Waals surface area contributed by atoms with Gasteiger partial charge in [0.2, 0.25) is 5.91 Å². The van der Waals surface area contributed by atoms with Gasteiger partial charge >= 0.3 is 0 Å².